The highest BCUT2D eigenvalue weighted by molar-refractivity contribution is 8.00. The third-order valence-corrected chi connectivity index (χ3v) is 5.40. The highest BCUT2D eigenvalue weighted by Gasteiger charge is 2.30. The van der Waals surface area contributed by atoms with Crippen LogP contribution in [0.2, 0.25) is 0 Å². The Morgan fingerprint density at radius 2 is 2.12 bits per heavy atom. The number of pyridine rings is 1. The second-order valence-electron chi connectivity index (χ2n) is 4.23. The molecule has 0 fully saturated rings. The summed E-state index contributed by atoms with van der Waals surface area (Å²) in [6.45, 7) is 2.16. The van der Waals surface area contributed by atoms with Crippen LogP contribution >= 0.6 is 35.0 Å². The van der Waals surface area contributed by atoms with Crippen molar-refractivity contribution in [2.24, 2.45) is 0 Å². The Morgan fingerprint density at radius 3 is 2.88 bits per heavy atom. The minimum absolute atomic E-state index is 0.233. The molecular weight excluding hydrogens is 273 g/mol. The van der Waals surface area contributed by atoms with Crippen molar-refractivity contribution < 1.29 is 0 Å². The summed E-state index contributed by atoms with van der Waals surface area (Å²) in [4.78, 5) is 4.36. The quantitative estimate of drug-likeness (QED) is 0.721. The number of rotatable bonds is 1. The van der Waals surface area contributed by atoms with E-state index in [-0.39, 0.29) is 10.1 Å². The van der Waals surface area contributed by atoms with Gasteiger partial charge in [-0.1, -0.05) is 30.0 Å². The molecular formula is C13H11Cl2NS. The number of halogens is 2. The normalized spacial score (nSPS) is 18.9. The van der Waals surface area contributed by atoms with E-state index in [0.29, 0.717) is 0 Å². The van der Waals surface area contributed by atoms with Crippen LogP contribution in [0.3, 0.4) is 0 Å². The van der Waals surface area contributed by atoms with Gasteiger partial charge in [-0.3, -0.25) is 0 Å². The molecule has 0 radical (unpaired) electrons. The first-order valence-corrected chi connectivity index (χ1v) is 7.25. The fourth-order valence-electron chi connectivity index (χ4n) is 2.25. The number of benzene rings is 1. The van der Waals surface area contributed by atoms with E-state index >= 15 is 0 Å². The number of fused-ring (bicyclic) bond motifs is 2. The molecule has 1 aromatic carbocycles. The molecule has 2 heterocycles. The zero-order valence-corrected chi connectivity index (χ0v) is 11.6. The molecule has 0 saturated heterocycles. The van der Waals surface area contributed by atoms with E-state index in [9.17, 15) is 0 Å². The van der Waals surface area contributed by atoms with Crippen molar-refractivity contribution in [3.8, 4) is 0 Å². The molecule has 1 aromatic heterocycles. The Bertz CT molecular complexity index is 583. The Morgan fingerprint density at radius 1 is 1.35 bits per heavy atom. The van der Waals surface area contributed by atoms with Crippen LogP contribution < -0.4 is 0 Å². The largest absolute Gasteiger partial charge is 0.241 e. The molecule has 1 aliphatic rings. The number of alkyl halides is 2. The van der Waals surface area contributed by atoms with Gasteiger partial charge in [0, 0.05) is 10.6 Å². The zero-order chi connectivity index (χ0) is 12.0. The van der Waals surface area contributed by atoms with Gasteiger partial charge in [0.05, 0.1) is 5.52 Å². The van der Waals surface area contributed by atoms with Gasteiger partial charge in [0.1, 0.15) is 9.86 Å². The van der Waals surface area contributed by atoms with Crippen LogP contribution in [0.15, 0.2) is 29.3 Å². The molecule has 0 aliphatic carbocycles. The van der Waals surface area contributed by atoms with E-state index in [2.05, 4.69) is 25.1 Å². The van der Waals surface area contributed by atoms with E-state index in [1.807, 2.05) is 6.07 Å². The van der Waals surface area contributed by atoms with Gasteiger partial charge in [-0.05, 0) is 30.5 Å². The van der Waals surface area contributed by atoms with Crippen LogP contribution in [-0.4, -0.2) is 15.1 Å². The molecule has 3 rings (SSSR count). The summed E-state index contributed by atoms with van der Waals surface area (Å²) in [5.41, 5.74) is 3.68. The third-order valence-electron chi connectivity index (χ3n) is 3.19. The number of hydrogen-bond donors (Lipinski definition) is 0. The van der Waals surface area contributed by atoms with Gasteiger partial charge in [-0.25, -0.2) is 4.98 Å². The van der Waals surface area contributed by atoms with Crippen molar-refractivity contribution in [2.45, 2.75) is 28.5 Å². The van der Waals surface area contributed by atoms with Gasteiger partial charge in [0.15, 0.2) is 0 Å². The molecule has 0 bridgehead atoms. The summed E-state index contributed by atoms with van der Waals surface area (Å²) in [7, 11) is 0. The smallest absolute Gasteiger partial charge is 0.120 e. The number of para-hydroxylation sites is 1. The van der Waals surface area contributed by atoms with Crippen LogP contribution in [0.4, 0.5) is 0 Å². The summed E-state index contributed by atoms with van der Waals surface area (Å²) in [5, 5.41) is 2.56. The van der Waals surface area contributed by atoms with E-state index in [0.717, 1.165) is 17.0 Å². The molecule has 0 saturated carbocycles. The van der Waals surface area contributed by atoms with Crippen LogP contribution in [0, 0.1) is 6.92 Å². The maximum Gasteiger partial charge on any atom is 0.120 e. The lowest BCUT2D eigenvalue weighted by molar-refractivity contribution is 0.915. The lowest BCUT2D eigenvalue weighted by atomic mass is 10.0. The molecule has 4 heteroatoms. The Labute approximate surface area is 115 Å². The van der Waals surface area contributed by atoms with Gasteiger partial charge in [-0.15, -0.1) is 23.2 Å². The lowest BCUT2D eigenvalue weighted by Crippen LogP contribution is -2.10. The molecule has 17 heavy (non-hydrogen) atoms. The lowest BCUT2D eigenvalue weighted by Gasteiger charge is -2.07. The van der Waals surface area contributed by atoms with E-state index < -0.39 is 0 Å². The van der Waals surface area contributed by atoms with Crippen molar-refractivity contribution in [3.05, 3.63) is 35.4 Å². The Hall–Kier alpha value is -0.440. The van der Waals surface area contributed by atoms with E-state index in [1.165, 1.54) is 16.5 Å². The van der Waals surface area contributed by atoms with Crippen LogP contribution in [0.5, 0.6) is 0 Å². The second kappa shape index (κ2) is 4.34. The fourth-order valence-corrected chi connectivity index (χ4v) is 3.91. The maximum absolute atomic E-state index is 5.98. The summed E-state index contributed by atoms with van der Waals surface area (Å²) >= 11 is 13.6. The molecule has 2 aromatic rings. The zero-order valence-electron chi connectivity index (χ0n) is 9.28. The molecule has 1 aliphatic heterocycles. The Balaban J connectivity index is 2.17. The number of aryl methyl sites for hydroxylation is 1. The first kappa shape index (κ1) is 11.6. The first-order valence-electron chi connectivity index (χ1n) is 5.50. The minimum atomic E-state index is -0.336. The van der Waals surface area contributed by atoms with Crippen LogP contribution in [-0.2, 0) is 6.42 Å². The Kier molecular flexibility index (Phi) is 2.97. The van der Waals surface area contributed by atoms with Crippen molar-refractivity contribution in [1.29, 1.82) is 0 Å². The summed E-state index contributed by atoms with van der Waals surface area (Å²) in [5.74, 6) is 0. The summed E-state index contributed by atoms with van der Waals surface area (Å²) < 4.78 is 0. The van der Waals surface area contributed by atoms with Gasteiger partial charge < -0.3 is 0 Å². The highest BCUT2D eigenvalue weighted by atomic mass is 35.5. The average Bonchev–Trinajstić information content (AvgIpc) is 2.74. The van der Waals surface area contributed by atoms with Crippen LogP contribution in [0.25, 0.3) is 10.9 Å². The third kappa shape index (κ3) is 1.92. The number of thioether (sulfide) groups is 1. The van der Waals surface area contributed by atoms with Gasteiger partial charge in [0.2, 0.25) is 0 Å². The monoisotopic (exact) mass is 283 g/mol. The molecule has 1 nitrogen and oxygen atoms in total. The molecule has 0 spiro atoms. The predicted molar refractivity (Wildman–Crippen MR) is 75.3 cm³/mol. The topological polar surface area (TPSA) is 12.9 Å². The summed E-state index contributed by atoms with van der Waals surface area (Å²) in [6.07, 6.45) is 0.918. The number of hydrogen-bond acceptors (Lipinski definition) is 2. The van der Waals surface area contributed by atoms with Gasteiger partial charge in [-0.2, -0.15) is 0 Å². The van der Waals surface area contributed by atoms with Crippen molar-refractivity contribution >= 4 is 45.9 Å². The van der Waals surface area contributed by atoms with Crippen molar-refractivity contribution in [1.82, 2.24) is 4.98 Å². The SMILES string of the molecule is Cc1c2c(nc3ccccc13)S[C@@H](C(Cl)Cl)C2. The maximum atomic E-state index is 5.98. The second-order valence-corrected chi connectivity index (χ2v) is 6.62. The molecule has 0 unspecified atom stereocenters. The molecule has 0 amide bonds. The van der Waals surface area contributed by atoms with E-state index in [1.54, 1.807) is 11.8 Å². The standard InChI is InChI=1S/C13H11Cl2NS/c1-7-8-4-2-3-5-10(8)16-13-9(7)6-11(17-13)12(14)15/h2-5,11-12H,6H2,1H3/t11-/m1/s1. The highest BCUT2D eigenvalue weighted by Crippen LogP contribution is 2.42. The average molecular weight is 284 g/mol. The minimum Gasteiger partial charge on any atom is -0.241 e. The van der Waals surface area contributed by atoms with Crippen molar-refractivity contribution in [2.75, 3.05) is 0 Å². The van der Waals surface area contributed by atoms with Gasteiger partial charge >= 0.3 is 0 Å². The fraction of sp³-hybridized carbons (Fsp3) is 0.308. The van der Waals surface area contributed by atoms with Gasteiger partial charge in [0.25, 0.3) is 0 Å². The first-order chi connectivity index (χ1) is 8.16. The number of nitrogens with zero attached hydrogens (tertiary/aromatic N) is 1. The molecule has 1 atom stereocenters. The van der Waals surface area contributed by atoms with Crippen molar-refractivity contribution in [3.63, 3.8) is 0 Å². The molecule has 88 valence electrons. The predicted octanol–water partition coefficient (Wildman–Crippen LogP) is 4.36. The number of aromatic nitrogens is 1. The molecule has 0 N–H and O–H groups in total. The van der Waals surface area contributed by atoms with Crippen LogP contribution in [0.1, 0.15) is 11.1 Å². The summed E-state index contributed by atoms with van der Waals surface area (Å²) in [6, 6.07) is 8.24. The van der Waals surface area contributed by atoms with E-state index in [4.69, 9.17) is 28.2 Å².